The van der Waals surface area contributed by atoms with E-state index >= 15 is 0 Å². The molecule has 1 aliphatic rings. The number of aromatic nitrogens is 2. The second kappa shape index (κ2) is 6.45. The fourth-order valence-electron chi connectivity index (χ4n) is 2.08. The zero-order valence-corrected chi connectivity index (χ0v) is 12.1. The van der Waals surface area contributed by atoms with E-state index in [1.54, 1.807) is 0 Å². The number of piperazine rings is 1. The Morgan fingerprint density at radius 1 is 1.32 bits per heavy atom. The Kier molecular flexibility index (Phi) is 4.90. The SMILES string of the molecule is CN(C)CCN1CCN(c2nc(Cl)ncc2F)CC1. The summed E-state index contributed by atoms with van der Waals surface area (Å²) in [6.07, 6.45) is 1.13. The van der Waals surface area contributed by atoms with Crippen molar-refractivity contribution in [3.05, 3.63) is 17.3 Å². The molecule has 0 aliphatic carbocycles. The maximum atomic E-state index is 13.7. The molecule has 19 heavy (non-hydrogen) atoms. The van der Waals surface area contributed by atoms with Crippen molar-refractivity contribution in [2.45, 2.75) is 0 Å². The second-order valence-corrected chi connectivity index (χ2v) is 5.28. The number of hydrogen-bond donors (Lipinski definition) is 0. The number of hydrogen-bond acceptors (Lipinski definition) is 5. The minimum atomic E-state index is -0.411. The third-order valence-electron chi connectivity index (χ3n) is 3.23. The van der Waals surface area contributed by atoms with E-state index < -0.39 is 5.82 Å². The highest BCUT2D eigenvalue weighted by Crippen LogP contribution is 2.18. The lowest BCUT2D eigenvalue weighted by atomic mass is 10.3. The highest BCUT2D eigenvalue weighted by molar-refractivity contribution is 6.28. The summed E-state index contributed by atoms with van der Waals surface area (Å²) in [5.41, 5.74) is 0. The van der Waals surface area contributed by atoms with Crippen molar-refractivity contribution in [3.63, 3.8) is 0 Å². The molecule has 1 aromatic heterocycles. The van der Waals surface area contributed by atoms with E-state index in [9.17, 15) is 4.39 Å². The summed E-state index contributed by atoms with van der Waals surface area (Å²) in [4.78, 5) is 14.1. The van der Waals surface area contributed by atoms with Crippen LogP contribution in [-0.4, -0.2) is 73.1 Å². The smallest absolute Gasteiger partial charge is 0.224 e. The maximum absolute atomic E-state index is 13.7. The first-order valence-electron chi connectivity index (χ1n) is 6.36. The van der Waals surface area contributed by atoms with Gasteiger partial charge in [0.15, 0.2) is 11.6 Å². The van der Waals surface area contributed by atoms with Gasteiger partial charge in [-0.05, 0) is 25.7 Å². The quantitative estimate of drug-likeness (QED) is 0.771. The lowest BCUT2D eigenvalue weighted by Gasteiger charge is -2.35. The van der Waals surface area contributed by atoms with Gasteiger partial charge in [0.05, 0.1) is 6.20 Å². The topological polar surface area (TPSA) is 35.5 Å². The van der Waals surface area contributed by atoms with Crippen LogP contribution in [0.4, 0.5) is 10.2 Å². The Morgan fingerprint density at radius 3 is 2.63 bits per heavy atom. The average Bonchev–Trinajstić information content (AvgIpc) is 2.40. The normalized spacial score (nSPS) is 17.2. The second-order valence-electron chi connectivity index (χ2n) is 4.94. The van der Waals surface area contributed by atoms with Crippen LogP contribution in [0.25, 0.3) is 0 Å². The number of likely N-dealkylation sites (N-methyl/N-ethyl adjacent to an activating group) is 1. The van der Waals surface area contributed by atoms with Gasteiger partial charge in [-0.2, -0.15) is 4.98 Å². The van der Waals surface area contributed by atoms with Gasteiger partial charge in [0.1, 0.15) is 0 Å². The summed E-state index contributed by atoms with van der Waals surface area (Å²) >= 11 is 5.72. The van der Waals surface area contributed by atoms with Crippen LogP contribution in [0.5, 0.6) is 0 Å². The minimum absolute atomic E-state index is 0.0893. The van der Waals surface area contributed by atoms with Crippen LogP contribution in [0, 0.1) is 5.82 Å². The molecule has 0 aromatic carbocycles. The van der Waals surface area contributed by atoms with Crippen molar-refractivity contribution in [1.82, 2.24) is 19.8 Å². The highest BCUT2D eigenvalue weighted by Gasteiger charge is 2.20. The van der Waals surface area contributed by atoms with Crippen LogP contribution in [0.3, 0.4) is 0 Å². The molecule has 1 fully saturated rings. The number of halogens is 2. The molecule has 0 spiro atoms. The summed E-state index contributed by atoms with van der Waals surface area (Å²) < 4.78 is 13.7. The minimum Gasteiger partial charge on any atom is -0.351 e. The van der Waals surface area contributed by atoms with Crippen LogP contribution < -0.4 is 4.90 Å². The Hall–Kier alpha value is -0.980. The molecule has 5 nitrogen and oxygen atoms in total. The monoisotopic (exact) mass is 287 g/mol. The summed E-state index contributed by atoms with van der Waals surface area (Å²) in [5.74, 6) is -0.0987. The van der Waals surface area contributed by atoms with Gasteiger partial charge in [0, 0.05) is 39.3 Å². The molecule has 0 amide bonds. The van der Waals surface area contributed by atoms with Crippen LogP contribution in [0.15, 0.2) is 6.20 Å². The third kappa shape index (κ3) is 3.99. The molecule has 2 rings (SSSR count). The molecule has 106 valence electrons. The summed E-state index contributed by atoms with van der Waals surface area (Å²) in [7, 11) is 4.13. The molecule has 0 atom stereocenters. The van der Waals surface area contributed by atoms with Gasteiger partial charge >= 0.3 is 0 Å². The fourth-order valence-corrected chi connectivity index (χ4v) is 2.21. The largest absolute Gasteiger partial charge is 0.351 e. The van der Waals surface area contributed by atoms with Crippen LogP contribution >= 0.6 is 11.6 Å². The van der Waals surface area contributed by atoms with Gasteiger partial charge < -0.3 is 9.80 Å². The maximum Gasteiger partial charge on any atom is 0.224 e. The summed E-state index contributed by atoms with van der Waals surface area (Å²) in [6.45, 7) is 5.42. The van der Waals surface area contributed by atoms with E-state index in [0.29, 0.717) is 5.82 Å². The molecule has 2 heterocycles. The van der Waals surface area contributed by atoms with Crippen molar-refractivity contribution >= 4 is 17.4 Å². The molecule has 0 radical (unpaired) electrons. The van der Waals surface area contributed by atoms with E-state index in [1.165, 1.54) is 0 Å². The van der Waals surface area contributed by atoms with Crippen LogP contribution in [0.2, 0.25) is 5.28 Å². The molecular formula is C12H19ClFN5. The number of anilines is 1. The van der Waals surface area contributed by atoms with Gasteiger partial charge in [-0.15, -0.1) is 0 Å². The molecule has 7 heteroatoms. The molecule has 0 bridgehead atoms. The van der Waals surface area contributed by atoms with E-state index in [-0.39, 0.29) is 5.28 Å². The lowest BCUT2D eigenvalue weighted by Crippen LogP contribution is -2.48. The molecule has 0 saturated carbocycles. The summed E-state index contributed by atoms with van der Waals surface area (Å²) in [6, 6.07) is 0. The van der Waals surface area contributed by atoms with Crippen molar-refractivity contribution in [2.24, 2.45) is 0 Å². The Morgan fingerprint density at radius 2 is 2.00 bits per heavy atom. The Labute approximate surface area is 118 Å². The molecule has 1 aromatic rings. The number of nitrogens with zero attached hydrogens (tertiary/aromatic N) is 5. The van der Waals surface area contributed by atoms with Crippen LogP contribution in [-0.2, 0) is 0 Å². The first kappa shape index (κ1) is 14.4. The predicted octanol–water partition coefficient (Wildman–Crippen LogP) is 0.953. The molecular weight excluding hydrogens is 269 g/mol. The van der Waals surface area contributed by atoms with Gasteiger partial charge in [-0.1, -0.05) is 0 Å². The van der Waals surface area contributed by atoms with Gasteiger partial charge in [0.2, 0.25) is 5.28 Å². The zero-order valence-electron chi connectivity index (χ0n) is 11.3. The first-order valence-corrected chi connectivity index (χ1v) is 6.74. The van der Waals surface area contributed by atoms with Crippen molar-refractivity contribution in [2.75, 3.05) is 58.3 Å². The molecule has 1 aliphatic heterocycles. The van der Waals surface area contributed by atoms with E-state index in [4.69, 9.17) is 11.6 Å². The third-order valence-corrected chi connectivity index (χ3v) is 3.41. The van der Waals surface area contributed by atoms with Gasteiger partial charge in [-0.3, -0.25) is 4.90 Å². The highest BCUT2D eigenvalue weighted by atomic mass is 35.5. The van der Waals surface area contributed by atoms with Gasteiger partial charge in [0.25, 0.3) is 0 Å². The Bertz CT molecular complexity index is 421. The van der Waals surface area contributed by atoms with E-state index in [1.807, 2.05) is 4.90 Å². The fraction of sp³-hybridized carbons (Fsp3) is 0.667. The van der Waals surface area contributed by atoms with Crippen molar-refractivity contribution < 1.29 is 4.39 Å². The Balaban J connectivity index is 1.90. The van der Waals surface area contributed by atoms with Crippen LogP contribution in [0.1, 0.15) is 0 Å². The van der Waals surface area contributed by atoms with E-state index in [2.05, 4.69) is 33.9 Å². The standard InChI is InChI=1S/C12H19ClFN5/c1-17(2)3-4-18-5-7-19(8-6-18)11-10(14)9-15-12(13)16-11/h9H,3-8H2,1-2H3. The first-order chi connectivity index (χ1) is 9.06. The predicted molar refractivity (Wildman–Crippen MR) is 74.2 cm³/mol. The van der Waals surface area contributed by atoms with Crippen molar-refractivity contribution in [1.29, 1.82) is 0 Å². The van der Waals surface area contributed by atoms with Crippen molar-refractivity contribution in [3.8, 4) is 0 Å². The number of rotatable bonds is 4. The van der Waals surface area contributed by atoms with E-state index in [0.717, 1.165) is 45.5 Å². The zero-order chi connectivity index (χ0) is 13.8. The molecule has 1 saturated heterocycles. The summed E-state index contributed by atoms with van der Waals surface area (Å²) in [5, 5.41) is 0.0893. The molecule has 0 N–H and O–H groups in total. The lowest BCUT2D eigenvalue weighted by molar-refractivity contribution is 0.228. The van der Waals surface area contributed by atoms with Gasteiger partial charge in [-0.25, -0.2) is 9.37 Å². The molecule has 0 unspecified atom stereocenters. The average molecular weight is 288 g/mol.